The SMILES string of the molecule is C=CC1=C(/C(=C\C)Nc2ccccc2Cl)c2ccccc2C12c1ccccc1-c1ccc3c4ccccc4n(-c4ccc(-n5c6ccccc6c6ccccc65)cc4)c3c12. The van der Waals surface area contributed by atoms with Gasteiger partial charge in [0, 0.05) is 49.8 Å². The topological polar surface area (TPSA) is 21.9 Å². The summed E-state index contributed by atoms with van der Waals surface area (Å²) in [5.41, 5.74) is 17.9. The lowest BCUT2D eigenvalue weighted by molar-refractivity contribution is 0.790. The van der Waals surface area contributed by atoms with Crippen LogP contribution in [0, 0.1) is 0 Å². The van der Waals surface area contributed by atoms with Crippen LogP contribution in [-0.2, 0) is 5.41 Å². The largest absolute Gasteiger partial charge is 0.354 e. The molecule has 0 bridgehead atoms. The molecule has 0 radical (unpaired) electrons. The van der Waals surface area contributed by atoms with Gasteiger partial charge in [-0.15, -0.1) is 0 Å². The third kappa shape index (κ3) is 4.55. The molecule has 2 heterocycles. The molecular weight excluding hydrogens is 750 g/mol. The second-order valence-electron chi connectivity index (χ2n) is 15.8. The average molecular weight is 788 g/mol. The fourth-order valence-corrected chi connectivity index (χ4v) is 10.8. The van der Waals surface area contributed by atoms with E-state index in [4.69, 9.17) is 11.6 Å². The number of rotatable bonds is 6. The van der Waals surface area contributed by atoms with Crippen molar-refractivity contribution in [2.24, 2.45) is 0 Å². The van der Waals surface area contributed by atoms with E-state index in [2.05, 4.69) is 198 Å². The molecule has 2 aliphatic rings. The Morgan fingerprint density at radius 3 is 1.68 bits per heavy atom. The van der Waals surface area contributed by atoms with Crippen LogP contribution in [0.3, 0.4) is 0 Å². The number of nitrogens with zero attached hydrogens (tertiary/aromatic N) is 2. The van der Waals surface area contributed by atoms with Gasteiger partial charge < -0.3 is 14.5 Å². The number of halogens is 1. The van der Waals surface area contributed by atoms with Crippen molar-refractivity contribution in [3.63, 3.8) is 0 Å². The number of nitrogens with one attached hydrogen (secondary N) is 1. The molecule has 284 valence electrons. The van der Waals surface area contributed by atoms with Crippen LogP contribution in [0.5, 0.6) is 0 Å². The highest BCUT2D eigenvalue weighted by Crippen LogP contribution is 2.64. The van der Waals surface area contributed by atoms with Gasteiger partial charge in [0.05, 0.1) is 38.2 Å². The van der Waals surface area contributed by atoms with Crippen LogP contribution in [-0.4, -0.2) is 9.13 Å². The number of hydrogen-bond acceptors (Lipinski definition) is 1. The van der Waals surface area contributed by atoms with Gasteiger partial charge in [0.1, 0.15) is 0 Å². The molecule has 2 aliphatic carbocycles. The van der Waals surface area contributed by atoms with E-state index in [9.17, 15) is 0 Å². The Bertz CT molecular complexity index is 3450. The molecule has 0 saturated carbocycles. The monoisotopic (exact) mass is 787 g/mol. The number of anilines is 1. The maximum atomic E-state index is 6.80. The van der Waals surface area contributed by atoms with Gasteiger partial charge in [0.25, 0.3) is 0 Å². The van der Waals surface area contributed by atoms with Gasteiger partial charge in [-0.2, -0.15) is 0 Å². The highest BCUT2D eigenvalue weighted by atomic mass is 35.5. The lowest BCUT2D eigenvalue weighted by Crippen LogP contribution is -2.27. The summed E-state index contributed by atoms with van der Waals surface area (Å²) in [6, 6.07) is 65.9. The zero-order chi connectivity index (χ0) is 40.1. The van der Waals surface area contributed by atoms with Crippen molar-refractivity contribution in [3.8, 4) is 22.5 Å². The Labute approximate surface area is 353 Å². The summed E-state index contributed by atoms with van der Waals surface area (Å²) in [7, 11) is 0. The van der Waals surface area contributed by atoms with Crippen molar-refractivity contribution in [3.05, 3.63) is 239 Å². The molecule has 1 N–H and O–H groups in total. The molecule has 1 atom stereocenters. The van der Waals surface area contributed by atoms with Crippen LogP contribution >= 0.6 is 11.6 Å². The third-order valence-corrected chi connectivity index (χ3v) is 13.3. The molecule has 4 heteroatoms. The molecule has 0 amide bonds. The summed E-state index contributed by atoms with van der Waals surface area (Å²) in [5, 5.41) is 9.37. The molecule has 60 heavy (non-hydrogen) atoms. The van der Waals surface area contributed by atoms with Gasteiger partial charge in [-0.05, 0) is 94.9 Å². The quantitative estimate of drug-likeness (QED) is 0.178. The molecule has 0 aliphatic heterocycles. The number of para-hydroxylation sites is 4. The highest BCUT2D eigenvalue weighted by molar-refractivity contribution is 6.33. The molecular formula is C56H38ClN3. The van der Waals surface area contributed by atoms with Crippen LogP contribution in [0.25, 0.3) is 71.7 Å². The van der Waals surface area contributed by atoms with Gasteiger partial charge in [-0.25, -0.2) is 0 Å². The predicted octanol–water partition coefficient (Wildman–Crippen LogP) is 14.8. The Hall–Kier alpha value is -7.33. The number of fused-ring (bicyclic) bond motifs is 14. The van der Waals surface area contributed by atoms with Crippen LogP contribution in [0.2, 0.25) is 5.02 Å². The summed E-state index contributed by atoms with van der Waals surface area (Å²) in [4.78, 5) is 0. The van der Waals surface area contributed by atoms with Gasteiger partial charge in [-0.1, -0.05) is 158 Å². The first-order chi connectivity index (χ1) is 29.6. The summed E-state index contributed by atoms with van der Waals surface area (Å²) >= 11 is 6.80. The van der Waals surface area contributed by atoms with Gasteiger partial charge in [-0.3, -0.25) is 0 Å². The highest BCUT2D eigenvalue weighted by Gasteiger charge is 2.54. The van der Waals surface area contributed by atoms with E-state index < -0.39 is 5.41 Å². The van der Waals surface area contributed by atoms with Crippen LogP contribution in [0.1, 0.15) is 29.2 Å². The van der Waals surface area contributed by atoms with Crippen LogP contribution in [0.4, 0.5) is 5.69 Å². The predicted molar refractivity (Wildman–Crippen MR) is 253 cm³/mol. The van der Waals surface area contributed by atoms with E-state index in [0.717, 1.165) is 33.9 Å². The molecule has 2 aromatic heterocycles. The molecule has 12 rings (SSSR count). The van der Waals surface area contributed by atoms with E-state index in [-0.39, 0.29) is 0 Å². The van der Waals surface area contributed by atoms with E-state index in [0.29, 0.717) is 5.02 Å². The molecule has 1 unspecified atom stereocenters. The molecule has 0 fully saturated rings. The number of hydrogen-bond donors (Lipinski definition) is 1. The van der Waals surface area contributed by atoms with Crippen molar-refractivity contribution < 1.29 is 0 Å². The average Bonchev–Trinajstić information content (AvgIpc) is 4.01. The zero-order valence-corrected chi connectivity index (χ0v) is 33.7. The fraction of sp³-hybridized carbons (Fsp3) is 0.0357. The Morgan fingerprint density at radius 1 is 0.533 bits per heavy atom. The minimum atomic E-state index is -0.662. The second-order valence-corrected chi connectivity index (χ2v) is 16.2. The van der Waals surface area contributed by atoms with E-state index in [1.807, 2.05) is 24.3 Å². The first kappa shape index (κ1) is 34.7. The molecule has 1 spiro atoms. The summed E-state index contributed by atoms with van der Waals surface area (Å²) in [6.07, 6.45) is 4.27. The minimum absolute atomic E-state index is 0.662. The van der Waals surface area contributed by atoms with E-state index >= 15 is 0 Å². The van der Waals surface area contributed by atoms with E-state index in [1.54, 1.807) is 0 Å². The van der Waals surface area contributed by atoms with Gasteiger partial charge in [0.15, 0.2) is 0 Å². The Kier molecular flexibility index (Phi) is 7.57. The van der Waals surface area contributed by atoms with Crippen molar-refractivity contribution in [1.82, 2.24) is 9.13 Å². The first-order valence-corrected chi connectivity index (χ1v) is 20.9. The first-order valence-electron chi connectivity index (χ1n) is 20.5. The van der Waals surface area contributed by atoms with Gasteiger partial charge >= 0.3 is 0 Å². The molecule has 0 saturated heterocycles. The molecule has 10 aromatic rings. The molecule has 8 aromatic carbocycles. The Morgan fingerprint density at radius 2 is 1.05 bits per heavy atom. The third-order valence-electron chi connectivity index (χ3n) is 13.0. The lowest BCUT2D eigenvalue weighted by atomic mass is 9.69. The normalized spacial score (nSPS) is 15.7. The summed E-state index contributed by atoms with van der Waals surface area (Å²) in [5.74, 6) is 0. The smallest absolute Gasteiger partial charge is 0.0746 e. The van der Waals surface area contributed by atoms with Crippen molar-refractivity contribution in [1.29, 1.82) is 0 Å². The van der Waals surface area contributed by atoms with Gasteiger partial charge in [0.2, 0.25) is 0 Å². The van der Waals surface area contributed by atoms with Crippen molar-refractivity contribution in [2.45, 2.75) is 12.3 Å². The second kappa shape index (κ2) is 13.1. The number of aromatic nitrogens is 2. The van der Waals surface area contributed by atoms with E-state index in [1.165, 1.54) is 77.0 Å². The van der Waals surface area contributed by atoms with Crippen molar-refractivity contribution in [2.75, 3.05) is 5.32 Å². The summed E-state index contributed by atoms with van der Waals surface area (Å²) < 4.78 is 4.89. The fourth-order valence-electron chi connectivity index (χ4n) is 10.7. The maximum Gasteiger partial charge on any atom is 0.0746 e. The minimum Gasteiger partial charge on any atom is -0.354 e. The maximum absolute atomic E-state index is 6.80. The number of benzene rings is 8. The van der Waals surface area contributed by atoms with Crippen LogP contribution in [0.15, 0.2) is 212 Å². The van der Waals surface area contributed by atoms with Crippen LogP contribution < -0.4 is 5.32 Å². The number of allylic oxidation sites excluding steroid dienone is 4. The molecule has 3 nitrogen and oxygen atoms in total. The zero-order valence-electron chi connectivity index (χ0n) is 33.0. The standard InChI is InChI=1S/C56H38ClN3/c1-3-44-53(48(4-2)58-49-25-13-12-24-47(49)57)43-21-6-11-23-46(43)56(44)45-22-10-5-17-37(45)41-33-34-42-40-20-9-16-28-52(40)60(55(42)54(41)56)36-31-29-35(30-32-36)59-50-26-14-7-18-38(50)39-19-8-15-27-51(39)59/h3-34,58H,1H2,2H3/b48-4+. The van der Waals surface area contributed by atoms with Crippen molar-refractivity contribution >= 4 is 66.5 Å². The Balaban J connectivity index is 1.16. The summed E-state index contributed by atoms with van der Waals surface area (Å²) in [6.45, 7) is 6.71. The lowest BCUT2D eigenvalue weighted by Gasteiger charge is -2.32.